The molecule has 0 bridgehead atoms. The molecule has 0 N–H and O–H groups in total. The smallest absolute Gasteiger partial charge is 0.748 e. The Labute approximate surface area is 224 Å². The average Bonchev–Trinajstić information content (AvgIpc) is 3.65. The van der Waals surface area contributed by atoms with E-state index in [9.17, 15) is 38.9 Å². The van der Waals surface area contributed by atoms with E-state index in [0.29, 0.717) is 38.5 Å². The van der Waals surface area contributed by atoms with Crippen LogP contribution in [0.3, 0.4) is 0 Å². The van der Waals surface area contributed by atoms with Gasteiger partial charge in [-0.15, -0.1) is 0 Å². The molecule has 0 aromatic heterocycles. The maximum absolute atomic E-state index is 10.4. The first kappa shape index (κ1) is 34.6. The maximum atomic E-state index is 10.4. The third kappa shape index (κ3) is 17.1. The zero-order chi connectivity index (χ0) is 25.0. The molecule has 2 radical (unpaired) electrons. The topological polar surface area (TPSA) is 184 Å². The first-order valence-corrected chi connectivity index (χ1v) is 16.1. The molecule has 0 atom stereocenters. The Morgan fingerprint density at radius 3 is 0.706 bits per heavy atom. The molecular weight excluding hydrogens is 705 g/mol. The molecule has 4 fully saturated rings. The number of hydrogen-bond donors (Lipinski definition) is 0. The molecular formula is C20H37BiO10S3. The third-order valence-electron chi connectivity index (χ3n) is 6.09. The van der Waals surface area contributed by atoms with Crippen LogP contribution in [0.5, 0.6) is 0 Å². The zero-order valence-corrected chi connectivity index (χ0v) is 25.4. The van der Waals surface area contributed by atoms with Gasteiger partial charge in [-0.05, 0) is 38.5 Å². The normalized spacial score (nSPS) is 22.3. The van der Waals surface area contributed by atoms with Crippen LogP contribution in [-0.2, 0) is 35.1 Å². The maximum Gasteiger partial charge on any atom is 3.00 e. The van der Waals surface area contributed by atoms with Gasteiger partial charge >= 0.3 is 26.2 Å². The van der Waals surface area contributed by atoms with Crippen LogP contribution in [0.4, 0.5) is 0 Å². The van der Waals surface area contributed by atoms with Gasteiger partial charge in [0.2, 0.25) is 0 Å². The van der Waals surface area contributed by atoms with Crippen molar-refractivity contribution in [3.63, 3.8) is 0 Å². The number of epoxide rings is 1. The minimum absolute atomic E-state index is 0. The molecule has 1 saturated heterocycles. The monoisotopic (exact) mass is 742 g/mol. The summed E-state index contributed by atoms with van der Waals surface area (Å²) < 4.78 is 98.4. The molecule has 10 nitrogen and oxygen atoms in total. The second kappa shape index (κ2) is 17.2. The fourth-order valence-corrected chi connectivity index (χ4v) is 6.79. The summed E-state index contributed by atoms with van der Waals surface area (Å²) in [6.45, 7) is 2.00. The summed E-state index contributed by atoms with van der Waals surface area (Å²) in [4.78, 5) is 0. The Bertz CT molecular complexity index is 727. The van der Waals surface area contributed by atoms with Gasteiger partial charge in [-0.2, -0.15) is 0 Å². The minimum atomic E-state index is -3.98. The molecule has 0 aromatic carbocycles. The molecule has 3 aliphatic carbocycles. The van der Waals surface area contributed by atoms with Gasteiger partial charge in [0, 0.05) is 15.7 Å². The number of hydrogen-bond acceptors (Lipinski definition) is 10. The molecule has 4 aliphatic rings. The summed E-state index contributed by atoms with van der Waals surface area (Å²) >= 11 is 0. The van der Waals surface area contributed by atoms with Crippen molar-refractivity contribution in [3.05, 3.63) is 0 Å². The molecule has 0 amide bonds. The van der Waals surface area contributed by atoms with Crippen molar-refractivity contribution in [2.45, 2.75) is 112 Å². The Morgan fingerprint density at radius 2 is 0.618 bits per heavy atom. The standard InChI is InChI=1S/3C6H12O3S.C2H4O.Bi/c3*7-10(8,9)6-4-2-1-3-5-6;1-2-3-1;/h3*6H,1-5H2,(H,7,8,9);1-2H2;/q;;;;+3/p-3. The fraction of sp³-hybridized carbons (Fsp3) is 1.00. The Balaban J connectivity index is 0.000000444. The third-order valence-corrected chi connectivity index (χ3v) is 9.95. The summed E-state index contributed by atoms with van der Waals surface area (Å²) in [5.74, 6) is 0. The fourth-order valence-electron chi connectivity index (χ4n) is 4.06. The van der Waals surface area contributed by atoms with Gasteiger partial charge in [-0.3, -0.25) is 0 Å². The summed E-state index contributed by atoms with van der Waals surface area (Å²) in [7, 11) is -11.9. The van der Waals surface area contributed by atoms with Crippen LogP contribution in [0.25, 0.3) is 0 Å². The summed E-state index contributed by atoms with van der Waals surface area (Å²) in [5.41, 5.74) is 0. The number of rotatable bonds is 3. The first-order valence-electron chi connectivity index (χ1n) is 11.7. The van der Waals surface area contributed by atoms with Crippen molar-refractivity contribution in [2.24, 2.45) is 0 Å². The van der Waals surface area contributed by atoms with Gasteiger partial charge in [-0.1, -0.05) is 57.8 Å². The SMILES string of the molecule is C1CO1.O=S(=O)([O-])C1CCCCC1.O=S(=O)([O-])C1CCCCC1.O=S(=O)([O-])C1CCCCC1.[Bi+3]. The molecule has 34 heavy (non-hydrogen) atoms. The zero-order valence-electron chi connectivity index (χ0n) is 19.5. The van der Waals surface area contributed by atoms with Crippen LogP contribution < -0.4 is 0 Å². The molecule has 0 spiro atoms. The van der Waals surface area contributed by atoms with Gasteiger partial charge in [0.05, 0.1) is 43.6 Å². The molecule has 1 heterocycles. The van der Waals surface area contributed by atoms with Crippen LogP contribution in [0, 0.1) is 0 Å². The summed E-state index contributed by atoms with van der Waals surface area (Å²) in [6, 6.07) is 0. The van der Waals surface area contributed by atoms with E-state index in [1.165, 1.54) is 0 Å². The van der Waals surface area contributed by atoms with E-state index in [0.717, 1.165) is 71.0 Å². The summed E-state index contributed by atoms with van der Waals surface area (Å²) in [5, 5.41) is -1.75. The van der Waals surface area contributed by atoms with Gasteiger partial charge in [0.1, 0.15) is 0 Å². The van der Waals surface area contributed by atoms with Crippen LogP contribution in [0.1, 0.15) is 96.3 Å². The Hall–Kier alpha value is 0.573. The molecule has 14 heteroatoms. The minimum Gasteiger partial charge on any atom is -0.748 e. The molecule has 3 saturated carbocycles. The van der Waals surface area contributed by atoms with E-state index >= 15 is 0 Å². The molecule has 200 valence electrons. The number of ether oxygens (including phenoxy) is 1. The predicted molar refractivity (Wildman–Crippen MR) is 126 cm³/mol. The molecule has 4 rings (SSSR count). The van der Waals surface area contributed by atoms with Crippen molar-refractivity contribution in [1.82, 2.24) is 0 Å². The van der Waals surface area contributed by atoms with E-state index in [1.54, 1.807) is 0 Å². The second-order valence-corrected chi connectivity index (χ2v) is 13.8. The largest absolute Gasteiger partial charge is 3.00 e. The Morgan fingerprint density at radius 1 is 0.441 bits per heavy atom. The average molecular weight is 743 g/mol. The van der Waals surface area contributed by atoms with Crippen molar-refractivity contribution >= 4 is 56.6 Å². The van der Waals surface area contributed by atoms with Gasteiger partial charge in [0.25, 0.3) is 0 Å². The van der Waals surface area contributed by atoms with Crippen molar-refractivity contribution in [2.75, 3.05) is 13.2 Å². The van der Waals surface area contributed by atoms with Crippen LogP contribution in [-0.4, -0.2) is 94.1 Å². The molecule has 0 aromatic rings. The summed E-state index contributed by atoms with van der Waals surface area (Å²) in [6.07, 6.45) is 12.0. The van der Waals surface area contributed by atoms with Crippen molar-refractivity contribution in [3.8, 4) is 0 Å². The van der Waals surface area contributed by atoms with E-state index in [-0.39, 0.29) is 26.2 Å². The van der Waals surface area contributed by atoms with Crippen LogP contribution in [0.15, 0.2) is 0 Å². The van der Waals surface area contributed by atoms with Crippen molar-refractivity contribution < 1.29 is 43.6 Å². The van der Waals surface area contributed by atoms with Gasteiger partial charge < -0.3 is 18.4 Å². The second-order valence-electron chi connectivity index (χ2n) is 8.87. The van der Waals surface area contributed by atoms with Crippen LogP contribution in [0.2, 0.25) is 0 Å². The van der Waals surface area contributed by atoms with Crippen molar-refractivity contribution in [1.29, 1.82) is 0 Å². The first-order chi connectivity index (χ1) is 15.3. The van der Waals surface area contributed by atoms with E-state index in [2.05, 4.69) is 4.74 Å². The molecule has 1 aliphatic heterocycles. The Kier molecular flexibility index (Phi) is 17.4. The van der Waals surface area contributed by atoms with Gasteiger partial charge in [0.15, 0.2) is 0 Å². The van der Waals surface area contributed by atoms with E-state index in [1.807, 2.05) is 0 Å². The van der Waals surface area contributed by atoms with E-state index < -0.39 is 46.1 Å². The molecule has 0 unspecified atom stereocenters. The van der Waals surface area contributed by atoms with Gasteiger partial charge in [-0.25, -0.2) is 25.3 Å². The van der Waals surface area contributed by atoms with E-state index in [4.69, 9.17) is 0 Å². The predicted octanol–water partition coefficient (Wildman–Crippen LogP) is 2.23. The quantitative estimate of drug-likeness (QED) is 0.236. The van der Waals surface area contributed by atoms with Crippen LogP contribution >= 0.6 is 0 Å².